The van der Waals surface area contributed by atoms with Gasteiger partial charge in [0, 0.05) is 17.3 Å². The molecule has 0 aromatic carbocycles. The van der Waals surface area contributed by atoms with E-state index in [1.807, 2.05) is 6.20 Å². The molecule has 1 aliphatic rings. The van der Waals surface area contributed by atoms with E-state index < -0.39 is 0 Å². The largest absolute Gasteiger partial charge is 0.362 e. The van der Waals surface area contributed by atoms with Crippen LogP contribution in [0.1, 0.15) is 26.2 Å². The number of nitrogens with zero attached hydrogens (tertiary/aromatic N) is 1. The summed E-state index contributed by atoms with van der Waals surface area (Å²) in [4.78, 5) is 0. The van der Waals surface area contributed by atoms with Gasteiger partial charge in [0.05, 0.1) is 0 Å². The number of thiocarbonyl (C=S) groups is 1. The van der Waals surface area contributed by atoms with Crippen molar-refractivity contribution in [2.45, 2.75) is 32.4 Å². The number of allylic oxidation sites excluding steroid dienone is 1. The Hall–Kier alpha value is -0.610. The number of hydrogen-bond donors (Lipinski definition) is 2. The van der Waals surface area contributed by atoms with Crippen LogP contribution in [0.3, 0.4) is 0 Å². The molecule has 0 amide bonds. The highest BCUT2D eigenvalue weighted by Gasteiger charge is 2.17. The lowest BCUT2D eigenvalue weighted by Crippen LogP contribution is -2.40. The minimum Gasteiger partial charge on any atom is -0.362 e. The molecule has 0 saturated carbocycles. The Bertz CT molecular complexity index is 191. The van der Waals surface area contributed by atoms with Crippen molar-refractivity contribution >= 4 is 17.6 Å². The normalized spacial score (nSPS) is 22.0. The number of unbranched alkanes of at least 4 members (excludes halogenated alkanes) is 1. The van der Waals surface area contributed by atoms with Gasteiger partial charge in [0.2, 0.25) is 0 Å². The topological polar surface area (TPSA) is 41.3 Å². The summed E-state index contributed by atoms with van der Waals surface area (Å²) in [7, 11) is 0. The molecule has 68 valence electrons. The van der Waals surface area contributed by atoms with Crippen molar-refractivity contribution < 1.29 is 0 Å². The van der Waals surface area contributed by atoms with Crippen molar-refractivity contribution in [1.82, 2.24) is 10.3 Å². The van der Waals surface area contributed by atoms with E-state index >= 15 is 0 Å². The first-order valence-corrected chi connectivity index (χ1v) is 4.70. The maximum Gasteiger partial charge on any atom is 0.142 e. The van der Waals surface area contributed by atoms with Crippen molar-refractivity contribution in [3.05, 3.63) is 11.9 Å². The van der Waals surface area contributed by atoms with Crippen LogP contribution in [0.25, 0.3) is 0 Å². The van der Waals surface area contributed by atoms with Gasteiger partial charge in [-0.25, -0.2) is 5.84 Å². The molecule has 4 heteroatoms. The third-order valence-electron chi connectivity index (χ3n) is 1.89. The van der Waals surface area contributed by atoms with Crippen molar-refractivity contribution in [1.29, 1.82) is 0 Å². The molecule has 0 aromatic rings. The molecule has 3 nitrogen and oxygen atoms in total. The summed E-state index contributed by atoms with van der Waals surface area (Å²) >= 11 is 4.81. The molecule has 0 bridgehead atoms. The third kappa shape index (κ3) is 2.19. The van der Waals surface area contributed by atoms with Crippen LogP contribution in [0.2, 0.25) is 0 Å². The first kappa shape index (κ1) is 9.48. The van der Waals surface area contributed by atoms with Gasteiger partial charge in [0.15, 0.2) is 0 Å². The predicted octanol–water partition coefficient (Wildman–Crippen LogP) is 1.12. The van der Waals surface area contributed by atoms with Crippen LogP contribution in [-0.2, 0) is 0 Å². The quantitative estimate of drug-likeness (QED) is 0.509. The fourth-order valence-electron chi connectivity index (χ4n) is 1.17. The molecule has 1 atom stereocenters. The summed E-state index contributed by atoms with van der Waals surface area (Å²) < 4.78 is 0. The zero-order valence-corrected chi connectivity index (χ0v) is 8.10. The van der Waals surface area contributed by atoms with Gasteiger partial charge in [-0.3, -0.25) is 5.01 Å². The summed E-state index contributed by atoms with van der Waals surface area (Å²) in [6, 6.07) is 0. The van der Waals surface area contributed by atoms with Crippen LogP contribution in [0.5, 0.6) is 0 Å². The Balaban J connectivity index is 2.38. The average Bonchev–Trinajstić information content (AvgIpc) is 2.43. The maximum absolute atomic E-state index is 5.65. The van der Waals surface area contributed by atoms with E-state index in [0.29, 0.717) is 0 Å². The molecule has 1 aliphatic heterocycles. The maximum atomic E-state index is 5.65. The van der Waals surface area contributed by atoms with Gasteiger partial charge in [0.1, 0.15) is 6.17 Å². The Kier molecular flexibility index (Phi) is 3.49. The van der Waals surface area contributed by atoms with Gasteiger partial charge in [-0.2, -0.15) is 0 Å². The molecule has 3 N–H and O–H groups in total. The summed E-state index contributed by atoms with van der Waals surface area (Å²) in [5.74, 6) is 5.65. The molecular formula is C8H15N3S. The van der Waals surface area contributed by atoms with Crippen molar-refractivity contribution in [2.24, 2.45) is 5.84 Å². The number of hydrazine groups is 1. The molecule has 1 heterocycles. The SMILES string of the molecule is CCCCC1=CN(N)[C@H](C=S)N1. The fourth-order valence-corrected chi connectivity index (χ4v) is 1.38. The minimum absolute atomic E-state index is 0.00635. The molecule has 0 aliphatic carbocycles. The molecule has 0 unspecified atom stereocenters. The molecule has 0 fully saturated rings. The van der Waals surface area contributed by atoms with E-state index in [4.69, 9.17) is 18.1 Å². The number of hydrogen-bond acceptors (Lipinski definition) is 4. The Labute approximate surface area is 78.6 Å². The lowest BCUT2D eigenvalue weighted by atomic mass is 10.2. The highest BCUT2D eigenvalue weighted by molar-refractivity contribution is 7.79. The third-order valence-corrected chi connectivity index (χ3v) is 2.15. The second-order valence-corrected chi connectivity index (χ2v) is 3.20. The summed E-state index contributed by atoms with van der Waals surface area (Å²) in [6.07, 6.45) is 5.38. The summed E-state index contributed by atoms with van der Waals surface area (Å²) in [5.41, 5.74) is 1.19. The summed E-state index contributed by atoms with van der Waals surface area (Å²) in [6.45, 7) is 2.17. The Morgan fingerprint density at radius 2 is 2.58 bits per heavy atom. The lowest BCUT2D eigenvalue weighted by molar-refractivity contribution is 0.362. The molecular weight excluding hydrogens is 170 g/mol. The van der Waals surface area contributed by atoms with Crippen LogP contribution in [0.15, 0.2) is 11.9 Å². The van der Waals surface area contributed by atoms with Gasteiger partial charge in [-0.1, -0.05) is 25.6 Å². The Morgan fingerprint density at radius 1 is 1.83 bits per heavy atom. The highest BCUT2D eigenvalue weighted by atomic mass is 32.1. The van der Waals surface area contributed by atoms with Crippen LogP contribution >= 0.6 is 12.2 Å². The standard InChI is InChI=1S/C8H15N3S/c1-2-3-4-7-5-11(9)8(6-12)10-7/h5-6,8,10H,2-4,9H2,1H3/t8-/m1/s1. The van der Waals surface area contributed by atoms with Crippen LogP contribution in [0, 0.1) is 0 Å². The molecule has 1 rings (SSSR count). The smallest absolute Gasteiger partial charge is 0.142 e. The lowest BCUT2D eigenvalue weighted by Gasteiger charge is -2.15. The van der Waals surface area contributed by atoms with Gasteiger partial charge < -0.3 is 5.32 Å². The first-order valence-electron chi connectivity index (χ1n) is 4.23. The van der Waals surface area contributed by atoms with E-state index in [2.05, 4.69) is 12.2 Å². The van der Waals surface area contributed by atoms with E-state index in [-0.39, 0.29) is 6.17 Å². The molecule has 0 aromatic heterocycles. The molecule has 0 saturated heterocycles. The zero-order chi connectivity index (χ0) is 8.97. The number of nitrogens with two attached hydrogens (primary N) is 1. The number of rotatable bonds is 4. The second-order valence-electron chi connectivity index (χ2n) is 2.93. The average molecular weight is 185 g/mol. The second kappa shape index (κ2) is 4.42. The van der Waals surface area contributed by atoms with Crippen LogP contribution in [0.4, 0.5) is 0 Å². The monoisotopic (exact) mass is 185 g/mol. The summed E-state index contributed by atoms with van der Waals surface area (Å²) in [5, 5.41) is 6.47. The van der Waals surface area contributed by atoms with Crippen molar-refractivity contribution in [2.75, 3.05) is 0 Å². The first-order chi connectivity index (χ1) is 5.77. The van der Waals surface area contributed by atoms with Crippen molar-refractivity contribution in [3.8, 4) is 0 Å². The molecule has 0 radical (unpaired) electrons. The van der Waals surface area contributed by atoms with Gasteiger partial charge in [-0.15, -0.1) is 0 Å². The predicted molar refractivity (Wildman–Crippen MR) is 54.2 cm³/mol. The van der Waals surface area contributed by atoms with Crippen molar-refractivity contribution in [3.63, 3.8) is 0 Å². The van der Waals surface area contributed by atoms with E-state index in [0.717, 1.165) is 6.42 Å². The number of nitrogens with one attached hydrogen (secondary N) is 1. The van der Waals surface area contributed by atoms with Gasteiger partial charge in [0.25, 0.3) is 0 Å². The Morgan fingerprint density at radius 3 is 3.08 bits per heavy atom. The van der Waals surface area contributed by atoms with Gasteiger partial charge >= 0.3 is 0 Å². The van der Waals surface area contributed by atoms with E-state index in [1.54, 1.807) is 10.4 Å². The molecule has 12 heavy (non-hydrogen) atoms. The zero-order valence-electron chi connectivity index (χ0n) is 7.29. The van der Waals surface area contributed by atoms with E-state index in [9.17, 15) is 0 Å². The van der Waals surface area contributed by atoms with E-state index in [1.165, 1.54) is 18.5 Å². The molecule has 0 spiro atoms. The minimum atomic E-state index is 0.00635. The highest BCUT2D eigenvalue weighted by Crippen LogP contribution is 2.11. The van der Waals surface area contributed by atoms with Crippen LogP contribution in [-0.4, -0.2) is 16.5 Å². The van der Waals surface area contributed by atoms with Crippen LogP contribution < -0.4 is 11.2 Å². The van der Waals surface area contributed by atoms with Gasteiger partial charge in [-0.05, 0) is 12.8 Å². The fraction of sp³-hybridized carbons (Fsp3) is 0.625.